The highest BCUT2D eigenvalue weighted by Gasteiger charge is 2.13. The van der Waals surface area contributed by atoms with Crippen molar-refractivity contribution in [3.8, 4) is 0 Å². The summed E-state index contributed by atoms with van der Waals surface area (Å²) in [6.45, 7) is 7.35. The van der Waals surface area contributed by atoms with Crippen molar-refractivity contribution in [3.63, 3.8) is 0 Å². The Kier molecular flexibility index (Phi) is 8.21. The normalized spacial score (nSPS) is 12.8. The summed E-state index contributed by atoms with van der Waals surface area (Å²) >= 11 is 1.72. The number of rotatable bonds is 9. The summed E-state index contributed by atoms with van der Waals surface area (Å²) in [5.74, 6) is -1.26. The molecule has 0 unspecified atom stereocenters. The molecule has 5 rings (SSSR count). The standard InChI is InChI=1S/C33H24N4O2S/c1-34-29(33(38)39)22-25-19-18-24(31-32(25)36-23-35-31)12-6-2-3-11-17-28-20-21-30(40-28)37(26-13-7-4-8-14-26)27-15-9-5-10-16-27/h2-22H,23H2,(H,38,39)/b3-2+,12-6+,17-11+,29-22-. The van der Waals surface area contributed by atoms with Gasteiger partial charge in [-0.2, -0.15) is 0 Å². The Morgan fingerprint density at radius 3 is 2.02 bits per heavy atom. The first kappa shape index (κ1) is 26.3. The summed E-state index contributed by atoms with van der Waals surface area (Å²) in [4.78, 5) is 26.5. The molecule has 1 aromatic heterocycles. The number of fused-ring (bicyclic) bond motifs is 1. The molecule has 0 fully saturated rings. The van der Waals surface area contributed by atoms with Crippen molar-refractivity contribution in [2.75, 3.05) is 11.6 Å². The molecular formula is C33H24N4O2S. The Bertz CT molecular complexity index is 1770. The second kappa shape index (κ2) is 12.5. The molecule has 1 N–H and O–H groups in total. The maximum absolute atomic E-state index is 11.2. The summed E-state index contributed by atoms with van der Waals surface area (Å²) in [6, 6.07) is 28.6. The quantitative estimate of drug-likeness (QED) is 0.140. The zero-order valence-electron chi connectivity index (χ0n) is 21.4. The highest BCUT2D eigenvalue weighted by atomic mass is 32.1. The van der Waals surface area contributed by atoms with E-state index in [2.05, 4.69) is 62.2 Å². The third kappa shape index (κ3) is 6.04. The van der Waals surface area contributed by atoms with Gasteiger partial charge in [-0.1, -0.05) is 78.9 Å². The molecule has 194 valence electrons. The summed E-state index contributed by atoms with van der Waals surface area (Å²) in [6.07, 6.45) is 13.2. The van der Waals surface area contributed by atoms with Gasteiger partial charge < -0.3 is 10.0 Å². The fourth-order valence-electron chi connectivity index (χ4n) is 4.21. The number of allylic oxidation sites excluding steroid dienone is 4. The van der Waals surface area contributed by atoms with Crippen LogP contribution in [0.2, 0.25) is 0 Å². The molecule has 7 heteroatoms. The number of hydrogen-bond donors (Lipinski definition) is 1. The van der Waals surface area contributed by atoms with Crippen molar-refractivity contribution in [2.24, 2.45) is 9.98 Å². The van der Waals surface area contributed by atoms with E-state index in [-0.39, 0.29) is 12.4 Å². The van der Waals surface area contributed by atoms with Crippen LogP contribution in [-0.4, -0.2) is 17.7 Å². The zero-order valence-corrected chi connectivity index (χ0v) is 22.2. The first-order valence-corrected chi connectivity index (χ1v) is 13.3. The zero-order chi connectivity index (χ0) is 27.7. The van der Waals surface area contributed by atoms with Gasteiger partial charge in [-0.3, -0.25) is 14.8 Å². The highest BCUT2D eigenvalue weighted by Crippen LogP contribution is 2.38. The number of nitrogens with zero attached hydrogens (tertiary/aromatic N) is 4. The third-order valence-electron chi connectivity index (χ3n) is 6.03. The lowest BCUT2D eigenvalue weighted by Crippen LogP contribution is -2.27. The van der Waals surface area contributed by atoms with Gasteiger partial charge in [0.1, 0.15) is 11.7 Å². The van der Waals surface area contributed by atoms with Gasteiger partial charge in [-0.05, 0) is 54.1 Å². The average Bonchev–Trinajstić information content (AvgIpc) is 3.66. The summed E-state index contributed by atoms with van der Waals surface area (Å²) in [5.41, 5.74) is 3.33. The SMILES string of the molecule is [C-]#[N+]/C(=C\c1ccc(/C=C/C=C/C=C/c2ccc(N(c3ccccc3)c3ccccc3)s2)c2c1=NCN=2)C(=O)O. The molecule has 0 saturated heterocycles. The van der Waals surface area contributed by atoms with Gasteiger partial charge in [0.05, 0.1) is 17.3 Å². The van der Waals surface area contributed by atoms with Gasteiger partial charge in [0.15, 0.2) is 0 Å². The van der Waals surface area contributed by atoms with Crippen molar-refractivity contribution < 1.29 is 9.90 Å². The van der Waals surface area contributed by atoms with Crippen molar-refractivity contribution in [2.45, 2.75) is 0 Å². The Balaban J connectivity index is 1.29. The fraction of sp³-hybridized carbons (Fsp3) is 0.0303. The van der Waals surface area contributed by atoms with Crippen molar-refractivity contribution >= 4 is 51.9 Å². The summed E-state index contributed by atoms with van der Waals surface area (Å²) < 4.78 is 0. The summed E-state index contributed by atoms with van der Waals surface area (Å²) in [5, 5.41) is 11.6. The number of para-hydroxylation sites is 2. The first-order valence-electron chi connectivity index (χ1n) is 12.5. The van der Waals surface area contributed by atoms with Crippen LogP contribution in [0.15, 0.2) is 125 Å². The third-order valence-corrected chi connectivity index (χ3v) is 7.07. The number of thiophene rings is 1. The van der Waals surface area contributed by atoms with Crippen molar-refractivity contribution in [1.29, 1.82) is 0 Å². The molecule has 0 radical (unpaired) electrons. The second-order valence-corrected chi connectivity index (χ2v) is 9.72. The smallest absolute Gasteiger partial charge is 0.333 e. The van der Waals surface area contributed by atoms with Crippen LogP contribution in [0, 0.1) is 6.57 Å². The van der Waals surface area contributed by atoms with Gasteiger partial charge in [0.2, 0.25) is 0 Å². The number of benzene rings is 3. The predicted octanol–water partition coefficient (Wildman–Crippen LogP) is 7.06. The Morgan fingerprint density at radius 2 is 1.40 bits per heavy atom. The molecule has 4 aromatic rings. The van der Waals surface area contributed by atoms with Crippen LogP contribution in [0.25, 0.3) is 23.1 Å². The molecule has 0 amide bonds. The largest absolute Gasteiger partial charge is 0.486 e. The number of carboxylic acids is 1. The number of aliphatic carboxylic acids is 1. The molecule has 1 aliphatic heterocycles. The molecule has 6 nitrogen and oxygen atoms in total. The van der Waals surface area contributed by atoms with E-state index in [0.717, 1.165) is 26.8 Å². The van der Waals surface area contributed by atoms with Crippen molar-refractivity contribution in [3.05, 3.63) is 153 Å². The molecule has 0 saturated carbocycles. The average molecular weight is 541 g/mol. The maximum Gasteiger partial charge on any atom is 0.333 e. The minimum absolute atomic E-state index is 0.287. The maximum atomic E-state index is 11.2. The van der Waals surface area contributed by atoms with Gasteiger partial charge in [-0.15, -0.1) is 11.3 Å². The molecule has 0 aliphatic carbocycles. The van der Waals surface area contributed by atoms with Crippen LogP contribution in [0.1, 0.15) is 16.0 Å². The molecule has 40 heavy (non-hydrogen) atoms. The molecule has 0 bridgehead atoms. The Morgan fingerprint density at radius 1 is 0.800 bits per heavy atom. The fourth-order valence-corrected chi connectivity index (χ4v) is 5.17. The van der Waals surface area contributed by atoms with Crippen LogP contribution < -0.4 is 15.6 Å². The predicted molar refractivity (Wildman–Crippen MR) is 162 cm³/mol. The topological polar surface area (TPSA) is 69.6 Å². The lowest BCUT2D eigenvalue weighted by atomic mass is 10.1. The van der Waals surface area contributed by atoms with Crippen LogP contribution in [0.4, 0.5) is 16.4 Å². The van der Waals surface area contributed by atoms with Gasteiger partial charge in [-0.25, -0.2) is 4.85 Å². The minimum Gasteiger partial charge on any atom is -0.486 e. The molecule has 0 spiro atoms. The van der Waals surface area contributed by atoms with E-state index in [1.54, 1.807) is 17.4 Å². The monoisotopic (exact) mass is 540 g/mol. The lowest BCUT2D eigenvalue weighted by Gasteiger charge is -2.23. The van der Waals surface area contributed by atoms with Crippen LogP contribution in [-0.2, 0) is 4.79 Å². The van der Waals surface area contributed by atoms with Crippen molar-refractivity contribution in [1.82, 2.24) is 0 Å². The number of hydrogen-bond acceptors (Lipinski definition) is 5. The molecule has 1 aliphatic rings. The molecule has 0 atom stereocenters. The number of anilines is 3. The Hall–Kier alpha value is -5.32. The Labute approximate surface area is 236 Å². The van der Waals surface area contributed by atoms with E-state index in [4.69, 9.17) is 11.7 Å². The van der Waals surface area contributed by atoms with E-state index < -0.39 is 5.97 Å². The van der Waals surface area contributed by atoms with Crippen LogP contribution >= 0.6 is 11.3 Å². The first-order chi connectivity index (χ1) is 19.6. The second-order valence-electron chi connectivity index (χ2n) is 8.63. The van der Waals surface area contributed by atoms with E-state index in [1.807, 2.05) is 72.8 Å². The number of carbonyl (C=O) groups is 1. The number of carboxylic acid groups (broad SMARTS) is 1. The van der Waals surface area contributed by atoms with Gasteiger partial charge in [0, 0.05) is 21.8 Å². The van der Waals surface area contributed by atoms with E-state index in [9.17, 15) is 4.79 Å². The molecular weight excluding hydrogens is 516 g/mol. The summed E-state index contributed by atoms with van der Waals surface area (Å²) in [7, 11) is 0. The molecule has 2 heterocycles. The van der Waals surface area contributed by atoms with Crippen LogP contribution in [0.5, 0.6) is 0 Å². The lowest BCUT2D eigenvalue weighted by molar-refractivity contribution is -0.132. The highest BCUT2D eigenvalue weighted by molar-refractivity contribution is 7.17. The van der Waals surface area contributed by atoms with Gasteiger partial charge in [0.25, 0.3) is 5.70 Å². The van der Waals surface area contributed by atoms with E-state index in [1.165, 1.54) is 6.08 Å². The van der Waals surface area contributed by atoms with E-state index >= 15 is 0 Å². The minimum atomic E-state index is -1.26. The van der Waals surface area contributed by atoms with Gasteiger partial charge >= 0.3 is 5.97 Å². The van der Waals surface area contributed by atoms with Crippen LogP contribution in [0.3, 0.4) is 0 Å². The van der Waals surface area contributed by atoms with E-state index in [0.29, 0.717) is 16.3 Å². The molecule has 3 aromatic carbocycles.